The minimum atomic E-state index is -0.513. The van der Waals surface area contributed by atoms with Gasteiger partial charge in [-0.3, -0.25) is 9.78 Å². The summed E-state index contributed by atoms with van der Waals surface area (Å²) in [5.74, 6) is 0.624. The van der Waals surface area contributed by atoms with Crippen LogP contribution in [0.4, 0.5) is 10.6 Å². The van der Waals surface area contributed by atoms with Crippen molar-refractivity contribution in [1.29, 1.82) is 0 Å². The molecule has 0 saturated carbocycles. The Labute approximate surface area is 180 Å². The van der Waals surface area contributed by atoms with E-state index < -0.39 is 6.09 Å². The van der Waals surface area contributed by atoms with Gasteiger partial charge in [0.25, 0.3) is 0 Å². The third-order valence-electron chi connectivity index (χ3n) is 4.23. The van der Waals surface area contributed by atoms with Crippen molar-refractivity contribution >= 4 is 17.8 Å². The number of alkyl carbamates (subject to hydrolysis) is 1. The Morgan fingerprint density at radius 2 is 1.65 bits per heavy atom. The summed E-state index contributed by atoms with van der Waals surface area (Å²) in [5.41, 5.74) is 1.87. The van der Waals surface area contributed by atoms with Crippen molar-refractivity contribution in [3.05, 3.63) is 84.3 Å². The molecular weight excluding hydrogens is 396 g/mol. The van der Waals surface area contributed by atoms with E-state index in [9.17, 15) is 9.59 Å². The van der Waals surface area contributed by atoms with Gasteiger partial charge in [-0.25, -0.2) is 9.78 Å². The molecule has 0 bridgehead atoms. The number of benzene rings is 1. The van der Waals surface area contributed by atoms with Crippen molar-refractivity contribution in [2.75, 3.05) is 11.9 Å². The summed E-state index contributed by atoms with van der Waals surface area (Å²) in [6.45, 7) is 0.871. The van der Waals surface area contributed by atoms with E-state index in [0.29, 0.717) is 31.1 Å². The Kier molecular flexibility index (Phi) is 8.36. The van der Waals surface area contributed by atoms with Gasteiger partial charge in [0, 0.05) is 31.6 Å². The highest BCUT2D eigenvalue weighted by molar-refractivity contribution is 5.91. The Bertz CT molecular complexity index is 968. The van der Waals surface area contributed by atoms with Crippen molar-refractivity contribution in [2.24, 2.45) is 0 Å². The lowest BCUT2D eigenvalue weighted by atomic mass is 10.2. The van der Waals surface area contributed by atoms with Crippen LogP contribution in [-0.2, 0) is 22.7 Å². The number of hydrogen-bond acceptors (Lipinski definition) is 6. The van der Waals surface area contributed by atoms with Crippen LogP contribution in [0.5, 0.6) is 5.75 Å². The summed E-state index contributed by atoms with van der Waals surface area (Å²) >= 11 is 0. The Hall–Kier alpha value is -3.94. The van der Waals surface area contributed by atoms with Crippen LogP contribution in [-0.4, -0.2) is 28.5 Å². The van der Waals surface area contributed by atoms with Crippen molar-refractivity contribution in [3.63, 3.8) is 0 Å². The standard InChI is InChI=1S/C23H24N4O4/c28-21(9-5-13-26-23(29)31-17-18-6-2-1-3-7-18)27-22-20(8-4-12-25-22)30-16-19-10-14-24-15-11-19/h1-4,6-8,10-12,14-15H,5,9,13,16-17H2,(H,26,29)(H,25,27,28). The molecule has 1 aromatic carbocycles. The average Bonchev–Trinajstić information content (AvgIpc) is 2.81. The number of pyridine rings is 2. The average molecular weight is 420 g/mol. The largest absolute Gasteiger partial charge is 0.485 e. The van der Waals surface area contributed by atoms with Crippen molar-refractivity contribution < 1.29 is 19.1 Å². The van der Waals surface area contributed by atoms with Crippen molar-refractivity contribution in [3.8, 4) is 5.75 Å². The number of hydrogen-bond donors (Lipinski definition) is 2. The van der Waals surface area contributed by atoms with Crippen LogP contribution >= 0.6 is 0 Å². The maximum absolute atomic E-state index is 12.2. The molecule has 160 valence electrons. The number of carbonyl (C=O) groups excluding carboxylic acids is 2. The molecule has 3 rings (SSSR count). The minimum absolute atomic E-state index is 0.203. The van der Waals surface area contributed by atoms with Crippen LogP contribution < -0.4 is 15.4 Å². The molecule has 2 N–H and O–H groups in total. The summed E-state index contributed by atoms with van der Waals surface area (Å²) in [6, 6.07) is 16.6. The number of nitrogens with zero attached hydrogens (tertiary/aromatic N) is 2. The molecule has 0 saturated heterocycles. The van der Waals surface area contributed by atoms with Gasteiger partial charge in [-0.05, 0) is 41.8 Å². The van der Waals surface area contributed by atoms with E-state index in [0.717, 1.165) is 11.1 Å². The number of aromatic nitrogens is 2. The molecule has 0 atom stereocenters. The van der Waals surface area contributed by atoms with Gasteiger partial charge < -0.3 is 20.1 Å². The molecule has 2 amide bonds. The molecule has 0 aliphatic heterocycles. The maximum atomic E-state index is 12.2. The molecule has 0 spiro atoms. The lowest BCUT2D eigenvalue weighted by Gasteiger charge is -2.11. The van der Waals surface area contributed by atoms with Crippen LogP contribution in [0.25, 0.3) is 0 Å². The van der Waals surface area contributed by atoms with Gasteiger partial charge in [-0.1, -0.05) is 30.3 Å². The zero-order valence-electron chi connectivity index (χ0n) is 17.0. The maximum Gasteiger partial charge on any atom is 0.407 e. The first-order valence-corrected chi connectivity index (χ1v) is 9.92. The second-order valence-electron chi connectivity index (χ2n) is 6.63. The number of nitrogens with one attached hydrogen (secondary N) is 2. The van der Waals surface area contributed by atoms with E-state index in [4.69, 9.17) is 9.47 Å². The van der Waals surface area contributed by atoms with Gasteiger partial charge in [-0.15, -0.1) is 0 Å². The second kappa shape index (κ2) is 11.9. The molecule has 8 nitrogen and oxygen atoms in total. The molecule has 0 radical (unpaired) electrons. The third kappa shape index (κ3) is 7.77. The molecule has 2 heterocycles. The van der Waals surface area contributed by atoms with Gasteiger partial charge in [0.1, 0.15) is 13.2 Å². The summed E-state index contributed by atoms with van der Waals surface area (Å²) in [5, 5.41) is 5.39. The molecular formula is C23H24N4O4. The van der Waals surface area contributed by atoms with Crippen LogP contribution in [0, 0.1) is 0 Å². The molecule has 8 heteroatoms. The van der Waals surface area contributed by atoms with Crippen molar-refractivity contribution in [1.82, 2.24) is 15.3 Å². The Morgan fingerprint density at radius 3 is 2.45 bits per heavy atom. The van der Waals surface area contributed by atoms with Crippen LogP contribution in [0.2, 0.25) is 0 Å². The van der Waals surface area contributed by atoms with E-state index in [-0.39, 0.29) is 18.9 Å². The Morgan fingerprint density at radius 1 is 0.871 bits per heavy atom. The quantitative estimate of drug-likeness (QED) is 0.485. The number of carbonyl (C=O) groups is 2. The molecule has 3 aromatic rings. The molecule has 0 aliphatic rings. The predicted molar refractivity (Wildman–Crippen MR) is 115 cm³/mol. The van der Waals surface area contributed by atoms with Crippen LogP contribution in [0.1, 0.15) is 24.0 Å². The minimum Gasteiger partial charge on any atom is -0.485 e. The highest BCUT2D eigenvalue weighted by atomic mass is 16.5. The summed E-state index contributed by atoms with van der Waals surface area (Å²) in [4.78, 5) is 32.1. The smallest absolute Gasteiger partial charge is 0.407 e. The van der Waals surface area contributed by atoms with Gasteiger partial charge in [0.05, 0.1) is 0 Å². The molecule has 2 aromatic heterocycles. The second-order valence-corrected chi connectivity index (χ2v) is 6.63. The number of ether oxygens (including phenoxy) is 2. The highest BCUT2D eigenvalue weighted by Gasteiger charge is 2.10. The molecule has 0 aliphatic carbocycles. The first-order valence-electron chi connectivity index (χ1n) is 9.92. The Balaban J connectivity index is 1.36. The molecule has 0 unspecified atom stereocenters. The monoisotopic (exact) mass is 420 g/mol. The fraction of sp³-hybridized carbons (Fsp3) is 0.217. The number of amides is 2. The fourth-order valence-corrected chi connectivity index (χ4v) is 2.65. The van der Waals surface area contributed by atoms with E-state index in [2.05, 4.69) is 20.6 Å². The van der Waals surface area contributed by atoms with Gasteiger partial charge in [-0.2, -0.15) is 0 Å². The van der Waals surface area contributed by atoms with E-state index in [1.807, 2.05) is 42.5 Å². The van der Waals surface area contributed by atoms with Crippen molar-refractivity contribution in [2.45, 2.75) is 26.1 Å². The lowest BCUT2D eigenvalue weighted by Crippen LogP contribution is -2.26. The zero-order chi connectivity index (χ0) is 21.7. The van der Waals surface area contributed by atoms with Crippen LogP contribution in [0.15, 0.2) is 73.2 Å². The van der Waals surface area contributed by atoms with Gasteiger partial charge in [0.2, 0.25) is 5.91 Å². The van der Waals surface area contributed by atoms with Gasteiger partial charge in [0.15, 0.2) is 11.6 Å². The summed E-state index contributed by atoms with van der Waals surface area (Å²) < 4.78 is 10.9. The lowest BCUT2D eigenvalue weighted by molar-refractivity contribution is -0.116. The van der Waals surface area contributed by atoms with E-state index >= 15 is 0 Å². The van der Waals surface area contributed by atoms with E-state index in [1.54, 1.807) is 30.7 Å². The van der Waals surface area contributed by atoms with Gasteiger partial charge >= 0.3 is 6.09 Å². The topological polar surface area (TPSA) is 102 Å². The summed E-state index contributed by atoms with van der Waals surface area (Å²) in [7, 11) is 0. The number of rotatable bonds is 10. The van der Waals surface area contributed by atoms with Crippen LogP contribution in [0.3, 0.4) is 0 Å². The molecule has 31 heavy (non-hydrogen) atoms. The highest BCUT2D eigenvalue weighted by Crippen LogP contribution is 2.22. The summed E-state index contributed by atoms with van der Waals surface area (Å²) in [6.07, 6.45) is 5.14. The van der Waals surface area contributed by atoms with E-state index in [1.165, 1.54) is 0 Å². The third-order valence-corrected chi connectivity index (χ3v) is 4.23. The zero-order valence-corrected chi connectivity index (χ0v) is 17.0. The molecule has 0 fully saturated rings. The SMILES string of the molecule is O=C(CCCNC(=O)OCc1ccccc1)Nc1ncccc1OCc1ccncc1. The first kappa shape index (κ1) is 21.8. The first-order chi connectivity index (χ1) is 15.2. The normalized spacial score (nSPS) is 10.2. The fourth-order valence-electron chi connectivity index (χ4n) is 2.65. The predicted octanol–water partition coefficient (Wildman–Crippen LogP) is 3.70. The number of anilines is 1.